The molecular formula is C23H24N2O4. The Kier molecular flexibility index (Phi) is 5.34. The third kappa shape index (κ3) is 4.16. The van der Waals surface area contributed by atoms with Crippen LogP contribution in [0.4, 0.5) is 0 Å². The standard InChI is InChI=1S/C23H24N2O4/c1-15(26)24-19-8-5-11-25(14-19)22(27)17-9-10-20-18(12-17)13-21(29-23(20)28)16-6-3-2-4-7-16/h2-4,6-7,9-10,12,19,21H,5,8,11,13-14H2,1H3,(H,24,26). The second-order valence-electron chi connectivity index (χ2n) is 7.67. The summed E-state index contributed by atoms with van der Waals surface area (Å²) in [5.74, 6) is -0.510. The van der Waals surface area contributed by atoms with Crippen molar-refractivity contribution in [2.45, 2.75) is 38.3 Å². The summed E-state index contributed by atoms with van der Waals surface area (Å²) < 4.78 is 5.59. The largest absolute Gasteiger partial charge is 0.454 e. The third-order valence-electron chi connectivity index (χ3n) is 5.51. The van der Waals surface area contributed by atoms with Gasteiger partial charge in [-0.2, -0.15) is 0 Å². The lowest BCUT2D eigenvalue weighted by atomic mass is 9.92. The number of rotatable bonds is 3. The van der Waals surface area contributed by atoms with E-state index in [1.807, 2.05) is 36.4 Å². The van der Waals surface area contributed by atoms with Gasteiger partial charge in [-0.15, -0.1) is 0 Å². The molecule has 0 radical (unpaired) electrons. The zero-order valence-corrected chi connectivity index (χ0v) is 16.4. The van der Waals surface area contributed by atoms with Gasteiger partial charge in [-0.3, -0.25) is 9.59 Å². The van der Waals surface area contributed by atoms with Crippen molar-refractivity contribution in [1.29, 1.82) is 0 Å². The SMILES string of the molecule is CC(=O)NC1CCCN(C(=O)c2ccc3c(c2)CC(c2ccccc2)OC3=O)C1. The summed E-state index contributed by atoms with van der Waals surface area (Å²) >= 11 is 0. The zero-order valence-electron chi connectivity index (χ0n) is 16.4. The van der Waals surface area contributed by atoms with E-state index in [0.717, 1.165) is 24.0 Å². The minimum Gasteiger partial charge on any atom is -0.454 e. The van der Waals surface area contributed by atoms with E-state index in [1.165, 1.54) is 6.92 Å². The molecule has 0 saturated carbocycles. The minimum atomic E-state index is -0.359. The lowest BCUT2D eigenvalue weighted by Gasteiger charge is -2.33. The molecule has 1 fully saturated rings. The van der Waals surface area contributed by atoms with Crippen molar-refractivity contribution in [3.8, 4) is 0 Å². The highest BCUT2D eigenvalue weighted by atomic mass is 16.5. The lowest BCUT2D eigenvalue weighted by Crippen LogP contribution is -2.49. The second-order valence-corrected chi connectivity index (χ2v) is 7.67. The number of amides is 2. The average molecular weight is 392 g/mol. The molecule has 0 aliphatic carbocycles. The molecule has 150 valence electrons. The molecule has 4 rings (SSSR count). The van der Waals surface area contributed by atoms with Crippen LogP contribution in [-0.2, 0) is 16.0 Å². The first-order valence-corrected chi connectivity index (χ1v) is 9.96. The average Bonchev–Trinajstić information content (AvgIpc) is 2.73. The topological polar surface area (TPSA) is 75.7 Å². The van der Waals surface area contributed by atoms with E-state index in [9.17, 15) is 14.4 Å². The number of carbonyl (C=O) groups excluding carboxylic acids is 3. The van der Waals surface area contributed by atoms with Gasteiger partial charge in [0.25, 0.3) is 5.91 Å². The Morgan fingerprint density at radius 1 is 1.14 bits per heavy atom. The molecule has 6 heteroatoms. The number of benzene rings is 2. The van der Waals surface area contributed by atoms with Crippen molar-refractivity contribution in [3.05, 3.63) is 70.8 Å². The maximum atomic E-state index is 13.0. The van der Waals surface area contributed by atoms with Crippen molar-refractivity contribution >= 4 is 17.8 Å². The number of fused-ring (bicyclic) bond motifs is 1. The zero-order chi connectivity index (χ0) is 20.4. The van der Waals surface area contributed by atoms with Crippen LogP contribution < -0.4 is 5.32 Å². The van der Waals surface area contributed by atoms with Gasteiger partial charge in [-0.1, -0.05) is 30.3 Å². The van der Waals surface area contributed by atoms with Crippen LogP contribution in [0.3, 0.4) is 0 Å². The monoisotopic (exact) mass is 392 g/mol. The Labute approximate surface area is 169 Å². The number of esters is 1. The van der Waals surface area contributed by atoms with Crippen molar-refractivity contribution in [1.82, 2.24) is 10.2 Å². The number of nitrogens with one attached hydrogen (secondary N) is 1. The number of ether oxygens (including phenoxy) is 1. The molecule has 0 spiro atoms. The van der Waals surface area contributed by atoms with Gasteiger partial charge in [0.05, 0.1) is 5.56 Å². The summed E-state index contributed by atoms with van der Waals surface area (Å²) in [6.07, 6.45) is 1.92. The fourth-order valence-electron chi connectivity index (χ4n) is 4.13. The summed E-state index contributed by atoms with van der Waals surface area (Å²) in [5, 5.41) is 2.90. The molecule has 2 aliphatic rings. The second kappa shape index (κ2) is 8.07. The first-order chi connectivity index (χ1) is 14.0. The van der Waals surface area contributed by atoms with E-state index < -0.39 is 0 Å². The molecule has 0 aromatic heterocycles. The molecule has 1 N–H and O–H groups in total. The van der Waals surface area contributed by atoms with Crippen LogP contribution in [0.25, 0.3) is 0 Å². The fourth-order valence-corrected chi connectivity index (χ4v) is 4.13. The molecule has 1 saturated heterocycles. The predicted octanol–water partition coefficient (Wildman–Crippen LogP) is 2.88. The van der Waals surface area contributed by atoms with Gasteiger partial charge in [0, 0.05) is 38.0 Å². The van der Waals surface area contributed by atoms with Crippen LogP contribution in [-0.4, -0.2) is 41.8 Å². The molecule has 6 nitrogen and oxygen atoms in total. The van der Waals surface area contributed by atoms with E-state index >= 15 is 0 Å². The molecule has 2 heterocycles. The lowest BCUT2D eigenvalue weighted by molar-refractivity contribution is -0.120. The van der Waals surface area contributed by atoms with E-state index in [2.05, 4.69) is 5.32 Å². The van der Waals surface area contributed by atoms with Crippen LogP contribution in [0.15, 0.2) is 48.5 Å². The molecule has 0 bridgehead atoms. The minimum absolute atomic E-state index is 0.0136. The van der Waals surface area contributed by atoms with Gasteiger partial charge >= 0.3 is 5.97 Å². The van der Waals surface area contributed by atoms with Crippen LogP contribution in [0.5, 0.6) is 0 Å². The summed E-state index contributed by atoms with van der Waals surface area (Å²) in [6, 6.07) is 14.8. The normalized spacial score (nSPS) is 21.1. The van der Waals surface area contributed by atoms with Crippen LogP contribution in [0.2, 0.25) is 0 Å². The van der Waals surface area contributed by atoms with E-state index in [1.54, 1.807) is 17.0 Å². The van der Waals surface area contributed by atoms with Gasteiger partial charge in [0.1, 0.15) is 6.10 Å². The van der Waals surface area contributed by atoms with Gasteiger partial charge in [-0.25, -0.2) is 4.79 Å². The highest BCUT2D eigenvalue weighted by molar-refractivity contribution is 5.98. The molecule has 29 heavy (non-hydrogen) atoms. The van der Waals surface area contributed by atoms with Crippen LogP contribution in [0.1, 0.15) is 57.7 Å². The van der Waals surface area contributed by atoms with Crippen molar-refractivity contribution in [3.63, 3.8) is 0 Å². The Bertz CT molecular complexity index is 941. The summed E-state index contributed by atoms with van der Waals surface area (Å²) in [6.45, 7) is 2.66. The van der Waals surface area contributed by atoms with Crippen LogP contribution in [0, 0.1) is 0 Å². The number of nitrogens with zero attached hydrogens (tertiary/aromatic N) is 1. The number of carbonyl (C=O) groups is 3. The maximum absolute atomic E-state index is 13.0. The smallest absolute Gasteiger partial charge is 0.339 e. The molecule has 2 aromatic carbocycles. The quantitative estimate of drug-likeness (QED) is 0.815. The summed E-state index contributed by atoms with van der Waals surface area (Å²) in [7, 11) is 0. The number of hydrogen-bond donors (Lipinski definition) is 1. The first kappa shape index (κ1) is 19.2. The van der Waals surface area contributed by atoms with E-state index in [0.29, 0.717) is 30.6 Å². The van der Waals surface area contributed by atoms with Gasteiger partial charge < -0.3 is 15.0 Å². The number of piperidine rings is 1. The van der Waals surface area contributed by atoms with Gasteiger partial charge in [0.15, 0.2) is 0 Å². The number of likely N-dealkylation sites (tertiary alicyclic amines) is 1. The van der Waals surface area contributed by atoms with Crippen molar-refractivity contribution < 1.29 is 19.1 Å². The summed E-state index contributed by atoms with van der Waals surface area (Å²) in [5.41, 5.74) is 2.85. The van der Waals surface area contributed by atoms with E-state index in [4.69, 9.17) is 4.74 Å². The molecule has 2 aliphatic heterocycles. The van der Waals surface area contributed by atoms with Crippen molar-refractivity contribution in [2.24, 2.45) is 0 Å². The highest BCUT2D eigenvalue weighted by Crippen LogP contribution is 2.31. The van der Waals surface area contributed by atoms with Crippen LogP contribution >= 0.6 is 0 Å². The third-order valence-corrected chi connectivity index (χ3v) is 5.51. The Morgan fingerprint density at radius 2 is 1.93 bits per heavy atom. The molecule has 2 aromatic rings. The first-order valence-electron chi connectivity index (χ1n) is 9.96. The highest BCUT2D eigenvalue weighted by Gasteiger charge is 2.30. The van der Waals surface area contributed by atoms with Gasteiger partial charge in [0.2, 0.25) is 5.91 Å². The Morgan fingerprint density at radius 3 is 2.69 bits per heavy atom. The molecule has 2 atom stereocenters. The number of hydrogen-bond acceptors (Lipinski definition) is 4. The van der Waals surface area contributed by atoms with Gasteiger partial charge in [-0.05, 0) is 42.2 Å². The summed E-state index contributed by atoms with van der Waals surface area (Å²) in [4.78, 5) is 38.6. The molecular weight excluding hydrogens is 368 g/mol. The number of cyclic esters (lactones) is 1. The predicted molar refractivity (Wildman–Crippen MR) is 107 cm³/mol. The fraction of sp³-hybridized carbons (Fsp3) is 0.348. The van der Waals surface area contributed by atoms with E-state index in [-0.39, 0.29) is 29.9 Å². The maximum Gasteiger partial charge on any atom is 0.339 e. The Balaban J connectivity index is 1.54. The molecule has 2 unspecified atom stereocenters. The van der Waals surface area contributed by atoms with Crippen molar-refractivity contribution in [2.75, 3.05) is 13.1 Å². The molecule has 2 amide bonds. The Hall–Kier alpha value is -3.15.